The van der Waals surface area contributed by atoms with Gasteiger partial charge in [0.25, 0.3) is 0 Å². The first-order valence-corrected chi connectivity index (χ1v) is 13.3. The minimum absolute atomic E-state index is 0.0139. The molecule has 2 rings (SSSR count). The number of halogens is 2. The summed E-state index contributed by atoms with van der Waals surface area (Å²) in [5.74, 6) is -1.09. The van der Waals surface area contributed by atoms with Gasteiger partial charge in [-0.05, 0) is 42.5 Å². The van der Waals surface area contributed by atoms with Crippen LogP contribution in [0.25, 0.3) is 0 Å². The summed E-state index contributed by atoms with van der Waals surface area (Å²) in [6.45, 7) is 3.33. The van der Waals surface area contributed by atoms with Gasteiger partial charge in [0.05, 0.1) is 20.7 Å². The van der Waals surface area contributed by atoms with Crippen molar-refractivity contribution in [2.24, 2.45) is 0 Å². The van der Waals surface area contributed by atoms with E-state index in [0.29, 0.717) is 5.75 Å². The van der Waals surface area contributed by atoms with Gasteiger partial charge >= 0.3 is 17.9 Å². The predicted molar refractivity (Wildman–Crippen MR) is 133 cm³/mol. The molecule has 0 spiro atoms. The number of hydrogen-bond donors (Lipinski definition) is 0. The highest BCUT2D eigenvalue weighted by molar-refractivity contribution is 7.91. The van der Waals surface area contributed by atoms with Crippen LogP contribution in [-0.2, 0) is 38.4 Å². The Labute approximate surface area is 224 Å². The van der Waals surface area contributed by atoms with Crippen molar-refractivity contribution in [2.45, 2.75) is 42.8 Å². The van der Waals surface area contributed by atoms with Gasteiger partial charge in [-0.25, -0.2) is 8.42 Å². The first kappa shape index (κ1) is 30.2. The Hall–Kier alpha value is -3.02. The Kier molecular flexibility index (Phi) is 11.5. The lowest BCUT2D eigenvalue weighted by molar-refractivity contribution is -0.158. The van der Waals surface area contributed by atoms with Crippen molar-refractivity contribution < 1.29 is 46.5 Å². The van der Waals surface area contributed by atoms with E-state index < -0.39 is 40.0 Å². The molecule has 0 bridgehead atoms. The predicted octanol–water partition coefficient (Wildman–Crippen LogP) is 3.60. The second-order valence-corrected chi connectivity index (χ2v) is 10.3. The lowest BCUT2D eigenvalue weighted by Crippen LogP contribution is -2.29. The third-order valence-corrected chi connectivity index (χ3v) is 6.93. The van der Waals surface area contributed by atoms with Crippen molar-refractivity contribution in [2.75, 3.05) is 25.7 Å². The third kappa shape index (κ3) is 9.75. The topological polar surface area (TPSA) is 132 Å². The van der Waals surface area contributed by atoms with E-state index in [1.54, 1.807) is 0 Å². The molecule has 37 heavy (non-hydrogen) atoms. The average molecular weight is 577 g/mol. The number of sulfone groups is 1. The number of alkyl halides is 1. The van der Waals surface area contributed by atoms with Crippen LogP contribution in [0, 0.1) is 0 Å². The van der Waals surface area contributed by atoms with E-state index in [1.807, 2.05) is 0 Å². The summed E-state index contributed by atoms with van der Waals surface area (Å²) < 4.78 is 52.1. The molecular weight excluding hydrogens is 551 g/mol. The molecule has 0 aromatic heterocycles. The summed E-state index contributed by atoms with van der Waals surface area (Å²) in [5.41, 5.74) is 0. The third-order valence-electron chi connectivity index (χ3n) is 4.52. The smallest absolute Gasteiger partial charge is 0.303 e. The molecule has 0 heterocycles. The Morgan fingerprint density at radius 1 is 0.784 bits per heavy atom. The summed E-state index contributed by atoms with van der Waals surface area (Å²) in [6, 6.07) is 9.54. The summed E-state index contributed by atoms with van der Waals surface area (Å²) in [6.07, 6.45) is -1.52. The SMILES string of the molecule is CC(=O)OCC(COc1ccc(S(=O)(=O)c2ccc(OC[C@H](CCl)OC(C)=O)c(Cl)c2)cc1)OC(C)=O. The summed E-state index contributed by atoms with van der Waals surface area (Å²) in [4.78, 5) is 33.2. The first-order chi connectivity index (χ1) is 17.4. The quantitative estimate of drug-likeness (QED) is 0.198. The van der Waals surface area contributed by atoms with Gasteiger partial charge < -0.3 is 23.7 Å². The zero-order valence-corrected chi connectivity index (χ0v) is 22.6. The summed E-state index contributed by atoms with van der Waals surface area (Å²) in [7, 11) is -3.92. The van der Waals surface area contributed by atoms with Crippen LogP contribution in [0.3, 0.4) is 0 Å². The molecule has 2 aromatic rings. The normalized spacial score (nSPS) is 12.7. The maximum absolute atomic E-state index is 13.1. The molecule has 0 radical (unpaired) electrons. The van der Waals surface area contributed by atoms with E-state index in [1.165, 1.54) is 63.2 Å². The number of carbonyl (C=O) groups excluding carboxylic acids is 3. The molecule has 0 aliphatic rings. The number of hydrogen-bond acceptors (Lipinski definition) is 10. The van der Waals surface area contributed by atoms with Crippen molar-refractivity contribution in [3.05, 3.63) is 47.5 Å². The highest BCUT2D eigenvalue weighted by Gasteiger charge is 2.21. The maximum Gasteiger partial charge on any atom is 0.303 e. The van der Waals surface area contributed by atoms with Gasteiger partial charge in [0.15, 0.2) is 6.10 Å². The van der Waals surface area contributed by atoms with Crippen LogP contribution < -0.4 is 9.47 Å². The van der Waals surface area contributed by atoms with E-state index in [-0.39, 0.29) is 46.3 Å². The average Bonchev–Trinajstić information content (AvgIpc) is 2.83. The second kappa shape index (κ2) is 14.1. The zero-order chi connectivity index (χ0) is 27.6. The fourth-order valence-electron chi connectivity index (χ4n) is 2.89. The van der Waals surface area contributed by atoms with E-state index >= 15 is 0 Å². The number of carbonyl (C=O) groups is 3. The molecule has 0 N–H and O–H groups in total. The molecule has 2 aromatic carbocycles. The van der Waals surface area contributed by atoms with Gasteiger partial charge in [-0.15, -0.1) is 11.6 Å². The fourth-order valence-corrected chi connectivity index (χ4v) is 4.63. The molecule has 202 valence electrons. The molecular formula is C24H26Cl2O10S. The highest BCUT2D eigenvalue weighted by atomic mass is 35.5. The van der Waals surface area contributed by atoms with Crippen LogP contribution in [0.1, 0.15) is 20.8 Å². The Bertz CT molecular complexity index is 1200. The van der Waals surface area contributed by atoms with Crippen molar-refractivity contribution in [3.8, 4) is 11.5 Å². The van der Waals surface area contributed by atoms with Crippen molar-refractivity contribution in [1.29, 1.82) is 0 Å². The van der Waals surface area contributed by atoms with Gasteiger partial charge in [-0.3, -0.25) is 14.4 Å². The molecule has 0 fully saturated rings. The molecule has 2 atom stereocenters. The molecule has 0 saturated carbocycles. The van der Waals surface area contributed by atoms with Gasteiger partial charge in [0.2, 0.25) is 9.84 Å². The Morgan fingerprint density at radius 3 is 1.89 bits per heavy atom. The summed E-state index contributed by atoms with van der Waals surface area (Å²) in [5, 5.41) is 0.0430. The molecule has 0 aliphatic heterocycles. The molecule has 0 saturated heterocycles. The van der Waals surface area contributed by atoms with Gasteiger partial charge in [0.1, 0.15) is 37.4 Å². The van der Waals surface area contributed by atoms with Gasteiger partial charge in [0, 0.05) is 20.8 Å². The maximum atomic E-state index is 13.1. The number of benzene rings is 2. The van der Waals surface area contributed by atoms with Crippen LogP contribution in [0.5, 0.6) is 11.5 Å². The van der Waals surface area contributed by atoms with Crippen molar-refractivity contribution in [1.82, 2.24) is 0 Å². The van der Waals surface area contributed by atoms with Crippen LogP contribution in [-0.4, -0.2) is 64.2 Å². The van der Waals surface area contributed by atoms with Crippen molar-refractivity contribution >= 4 is 50.9 Å². The first-order valence-electron chi connectivity index (χ1n) is 10.9. The molecule has 1 unspecified atom stereocenters. The minimum Gasteiger partial charge on any atom is -0.490 e. The molecule has 0 amide bonds. The highest BCUT2D eigenvalue weighted by Crippen LogP contribution is 2.31. The van der Waals surface area contributed by atoms with Crippen LogP contribution >= 0.6 is 23.2 Å². The second-order valence-electron chi connectivity index (χ2n) is 7.61. The van der Waals surface area contributed by atoms with E-state index in [9.17, 15) is 22.8 Å². The van der Waals surface area contributed by atoms with Crippen LogP contribution in [0.15, 0.2) is 52.3 Å². The molecule has 10 nitrogen and oxygen atoms in total. The number of ether oxygens (including phenoxy) is 5. The number of esters is 3. The monoisotopic (exact) mass is 576 g/mol. The lowest BCUT2D eigenvalue weighted by Gasteiger charge is -2.17. The van der Waals surface area contributed by atoms with E-state index in [0.717, 1.165) is 0 Å². The Morgan fingerprint density at radius 2 is 1.35 bits per heavy atom. The van der Waals surface area contributed by atoms with E-state index in [2.05, 4.69) is 0 Å². The zero-order valence-electron chi connectivity index (χ0n) is 20.3. The van der Waals surface area contributed by atoms with Crippen LogP contribution in [0.4, 0.5) is 0 Å². The van der Waals surface area contributed by atoms with Crippen molar-refractivity contribution in [3.63, 3.8) is 0 Å². The Balaban J connectivity index is 2.07. The van der Waals surface area contributed by atoms with Crippen LogP contribution in [0.2, 0.25) is 5.02 Å². The minimum atomic E-state index is -3.92. The largest absolute Gasteiger partial charge is 0.490 e. The number of rotatable bonds is 13. The molecule has 0 aliphatic carbocycles. The van der Waals surface area contributed by atoms with E-state index in [4.69, 9.17) is 46.9 Å². The fraction of sp³-hybridized carbons (Fsp3) is 0.375. The standard InChI is InChI=1S/C24H26Cl2O10S/c1-15(27)32-13-20(36-17(3)29)14-33-18-4-6-21(7-5-18)37(30,31)22-8-9-24(23(26)10-22)34-12-19(11-25)35-16(2)28/h4-10,19-20H,11-14H2,1-3H3/t19-,20?/m0/s1. The lowest BCUT2D eigenvalue weighted by atomic mass is 10.3. The summed E-state index contributed by atoms with van der Waals surface area (Å²) >= 11 is 12.0. The van der Waals surface area contributed by atoms with Gasteiger partial charge in [-0.1, -0.05) is 11.6 Å². The molecule has 13 heteroatoms. The van der Waals surface area contributed by atoms with Gasteiger partial charge in [-0.2, -0.15) is 0 Å².